The van der Waals surface area contributed by atoms with Gasteiger partial charge >= 0.3 is 5.97 Å². The number of pyridine rings is 1. The fraction of sp³-hybridized carbons (Fsp3) is 0.200. The first kappa shape index (κ1) is 14.8. The van der Waals surface area contributed by atoms with E-state index >= 15 is 0 Å². The van der Waals surface area contributed by atoms with E-state index in [4.69, 9.17) is 4.74 Å². The summed E-state index contributed by atoms with van der Waals surface area (Å²) in [6, 6.07) is 7.59. The van der Waals surface area contributed by atoms with Gasteiger partial charge in [0, 0.05) is 21.0 Å². The number of benzene rings is 1. The van der Waals surface area contributed by atoms with Gasteiger partial charge in [-0.15, -0.1) is 0 Å². The van der Waals surface area contributed by atoms with E-state index in [1.807, 2.05) is 31.2 Å². The van der Waals surface area contributed by atoms with E-state index in [9.17, 15) is 9.59 Å². The number of hydrogen-bond acceptors (Lipinski definition) is 3. The van der Waals surface area contributed by atoms with Crippen LogP contribution in [0.1, 0.15) is 23.0 Å². The van der Waals surface area contributed by atoms with Crippen molar-refractivity contribution >= 4 is 28.6 Å². The highest BCUT2D eigenvalue weighted by atomic mass is 127. The van der Waals surface area contributed by atoms with Crippen LogP contribution in [-0.2, 0) is 4.74 Å². The maximum atomic E-state index is 12.5. The molecule has 0 radical (unpaired) electrons. The van der Waals surface area contributed by atoms with Crippen molar-refractivity contribution in [1.82, 2.24) is 4.98 Å². The minimum atomic E-state index is -0.597. The maximum Gasteiger partial charge on any atom is 0.343 e. The zero-order chi connectivity index (χ0) is 14.7. The number of nitrogens with one attached hydrogen (secondary N) is 1. The van der Waals surface area contributed by atoms with Crippen LogP contribution in [0.25, 0.3) is 11.1 Å². The van der Waals surface area contributed by atoms with Gasteiger partial charge in [0.05, 0.1) is 6.61 Å². The van der Waals surface area contributed by atoms with Crippen LogP contribution >= 0.6 is 22.6 Å². The first-order valence-electron chi connectivity index (χ1n) is 6.20. The molecule has 0 bridgehead atoms. The normalized spacial score (nSPS) is 10.3. The van der Waals surface area contributed by atoms with Gasteiger partial charge in [-0.3, -0.25) is 4.79 Å². The monoisotopic (exact) mass is 383 g/mol. The van der Waals surface area contributed by atoms with Crippen LogP contribution in [0.5, 0.6) is 0 Å². The molecule has 0 saturated heterocycles. The summed E-state index contributed by atoms with van der Waals surface area (Å²) in [6.45, 7) is 3.76. The molecule has 0 aliphatic rings. The predicted octanol–water partition coefficient (Wildman–Crippen LogP) is 3.13. The number of carbonyl (C=O) groups excluding carboxylic acids is 1. The van der Waals surface area contributed by atoms with Crippen LogP contribution in [0.3, 0.4) is 0 Å². The Kier molecular flexibility index (Phi) is 4.59. The first-order chi connectivity index (χ1) is 9.54. The molecule has 5 heteroatoms. The van der Waals surface area contributed by atoms with Gasteiger partial charge in [-0.1, -0.05) is 12.1 Å². The molecule has 1 aromatic carbocycles. The molecule has 0 aliphatic heterocycles. The summed E-state index contributed by atoms with van der Waals surface area (Å²) in [5.74, 6) is -0.597. The van der Waals surface area contributed by atoms with Crippen LogP contribution in [-0.4, -0.2) is 17.6 Å². The summed E-state index contributed by atoms with van der Waals surface area (Å²) >= 11 is 2.19. The topological polar surface area (TPSA) is 59.2 Å². The molecule has 0 unspecified atom stereocenters. The van der Waals surface area contributed by atoms with E-state index in [1.165, 1.54) is 6.20 Å². The van der Waals surface area contributed by atoms with Crippen molar-refractivity contribution in [2.45, 2.75) is 13.8 Å². The Labute approximate surface area is 130 Å². The Bertz CT molecular complexity index is 707. The number of rotatable bonds is 3. The van der Waals surface area contributed by atoms with Gasteiger partial charge in [-0.25, -0.2) is 4.79 Å². The lowest BCUT2D eigenvalue weighted by Gasteiger charge is -2.08. The fourth-order valence-electron chi connectivity index (χ4n) is 1.98. The van der Waals surface area contributed by atoms with Gasteiger partial charge in [-0.2, -0.15) is 0 Å². The molecule has 2 rings (SSSR count). The third-order valence-electron chi connectivity index (χ3n) is 2.89. The van der Waals surface area contributed by atoms with Crippen molar-refractivity contribution in [3.8, 4) is 11.1 Å². The van der Waals surface area contributed by atoms with Crippen molar-refractivity contribution in [3.05, 3.63) is 55.5 Å². The minimum absolute atomic E-state index is 0.0336. The van der Waals surface area contributed by atoms with Crippen molar-refractivity contribution in [2.75, 3.05) is 6.61 Å². The Morgan fingerprint density at radius 2 is 2.15 bits per heavy atom. The molecule has 1 N–H and O–H groups in total. The van der Waals surface area contributed by atoms with Gasteiger partial charge in [0.15, 0.2) is 0 Å². The molecule has 20 heavy (non-hydrogen) atoms. The van der Waals surface area contributed by atoms with Gasteiger partial charge in [0.25, 0.3) is 0 Å². The second-order valence-electron chi connectivity index (χ2n) is 4.26. The molecule has 0 fully saturated rings. The lowest BCUT2D eigenvalue weighted by molar-refractivity contribution is 0.0524. The highest BCUT2D eigenvalue weighted by Gasteiger charge is 2.17. The Morgan fingerprint density at radius 1 is 1.40 bits per heavy atom. The van der Waals surface area contributed by atoms with Crippen molar-refractivity contribution in [2.24, 2.45) is 0 Å². The zero-order valence-corrected chi connectivity index (χ0v) is 13.4. The number of carbonyl (C=O) groups is 1. The van der Waals surface area contributed by atoms with E-state index in [0.29, 0.717) is 5.56 Å². The summed E-state index contributed by atoms with van der Waals surface area (Å²) < 4.78 is 5.93. The van der Waals surface area contributed by atoms with Gasteiger partial charge in [-0.05, 0) is 54.1 Å². The number of aryl methyl sites for hydroxylation is 1. The minimum Gasteiger partial charge on any atom is -0.462 e. The fourth-order valence-corrected chi connectivity index (χ4v) is 2.52. The van der Waals surface area contributed by atoms with E-state index < -0.39 is 5.97 Å². The Balaban J connectivity index is 2.62. The lowest BCUT2D eigenvalue weighted by atomic mass is 10.0. The molecule has 0 aliphatic carbocycles. The Hall–Kier alpha value is -1.63. The summed E-state index contributed by atoms with van der Waals surface area (Å²) in [4.78, 5) is 27.2. The lowest BCUT2D eigenvalue weighted by Crippen LogP contribution is -2.20. The number of aromatic nitrogens is 1. The van der Waals surface area contributed by atoms with Crippen LogP contribution in [0.4, 0.5) is 0 Å². The molecular formula is C15H14INO3. The number of ether oxygens (including phenoxy) is 1. The smallest absolute Gasteiger partial charge is 0.343 e. The SMILES string of the molecule is CCOC(=O)c1c[nH]c(C)c(-c2cccc(I)c2)c1=O. The maximum absolute atomic E-state index is 12.5. The van der Waals surface area contributed by atoms with E-state index in [2.05, 4.69) is 27.6 Å². The van der Waals surface area contributed by atoms with Crippen LogP contribution in [0.2, 0.25) is 0 Å². The zero-order valence-electron chi connectivity index (χ0n) is 11.2. The standard InChI is InChI=1S/C15H14INO3/c1-3-20-15(19)12-8-17-9(2)13(14(12)18)10-5-4-6-11(16)7-10/h4-8H,3H2,1-2H3,(H,17,18). The summed E-state index contributed by atoms with van der Waals surface area (Å²) in [6.07, 6.45) is 1.41. The molecule has 0 saturated carbocycles. The summed E-state index contributed by atoms with van der Waals surface area (Å²) in [5, 5.41) is 0. The average Bonchev–Trinajstić information content (AvgIpc) is 2.39. The molecule has 104 valence electrons. The molecule has 0 amide bonds. The second kappa shape index (κ2) is 6.21. The summed E-state index contributed by atoms with van der Waals surface area (Å²) in [7, 11) is 0. The Morgan fingerprint density at radius 3 is 2.80 bits per heavy atom. The molecular weight excluding hydrogens is 369 g/mol. The van der Waals surface area contributed by atoms with Crippen molar-refractivity contribution in [1.29, 1.82) is 0 Å². The number of H-pyrrole nitrogens is 1. The van der Waals surface area contributed by atoms with Crippen molar-refractivity contribution in [3.63, 3.8) is 0 Å². The molecule has 0 atom stereocenters. The third kappa shape index (κ3) is 2.92. The third-order valence-corrected chi connectivity index (χ3v) is 3.56. The average molecular weight is 383 g/mol. The van der Waals surface area contributed by atoms with E-state index in [0.717, 1.165) is 14.8 Å². The van der Waals surface area contributed by atoms with Crippen LogP contribution < -0.4 is 5.43 Å². The molecule has 1 heterocycles. The van der Waals surface area contributed by atoms with Gasteiger partial charge < -0.3 is 9.72 Å². The van der Waals surface area contributed by atoms with Crippen LogP contribution in [0, 0.1) is 10.5 Å². The molecule has 4 nitrogen and oxygen atoms in total. The highest BCUT2D eigenvalue weighted by molar-refractivity contribution is 14.1. The molecule has 0 spiro atoms. The van der Waals surface area contributed by atoms with Crippen molar-refractivity contribution < 1.29 is 9.53 Å². The second-order valence-corrected chi connectivity index (χ2v) is 5.51. The highest BCUT2D eigenvalue weighted by Crippen LogP contribution is 2.21. The van der Waals surface area contributed by atoms with Gasteiger partial charge in [0.2, 0.25) is 5.43 Å². The number of esters is 1. The first-order valence-corrected chi connectivity index (χ1v) is 7.27. The largest absolute Gasteiger partial charge is 0.462 e. The number of hydrogen-bond donors (Lipinski definition) is 1. The summed E-state index contributed by atoms with van der Waals surface area (Å²) in [5.41, 5.74) is 1.76. The number of aromatic amines is 1. The quantitative estimate of drug-likeness (QED) is 0.655. The molecule has 2 aromatic rings. The van der Waals surface area contributed by atoms with Crippen LogP contribution in [0.15, 0.2) is 35.3 Å². The van der Waals surface area contributed by atoms with E-state index in [1.54, 1.807) is 6.92 Å². The predicted molar refractivity (Wildman–Crippen MR) is 85.9 cm³/mol. The van der Waals surface area contributed by atoms with Gasteiger partial charge in [0.1, 0.15) is 5.56 Å². The molecule has 1 aromatic heterocycles. The van der Waals surface area contributed by atoms with E-state index in [-0.39, 0.29) is 17.6 Å². The number of halogens is 1.